The molecule has 152 valence electrons. The van der Waals surface area contributed by atoms with Crippen LogP contribution in [0.4, 0.5) is 0 Å². The van der Waals surface area contributed by atoms with E-state index in [4.69, 9.17) is 4.74 Å². The second-order valence-corrected chi connectivity index (χ2v) is 7.78. The summed E-state index contributed by atoms with van der Waals surface area (Å²) in [7, 11) is 0. The summed E-state index contributed by atoms with van der Waals surface area (Å²) in [6.45, 7) is 7.04. The zero-order valence-corrected chi connectivity index (χ0v) is 17.7. The largest absolute Gasteiger partial charge is 0.480 e. The molecule has 0 spiro atoms. The van der Waals surface area contributed by atoms with Gasteiger partial charge in [-0.15, -0.1) is 0 Å². The van der Waals surface area contributed by atoms with E-state index in [1.165, 1.54) is 11.1 Å². The van der Waals surface area contributed by atoms with Gasteiger partial charge in [-0.1, -0.05) is 81.4 Å². The summed E-state index contributed by atoms with van der Waals surface area (Å²) < 4.78 is 6.08. The maximum Gasteiger partial charge on any atom is 0.261 e. The van der Waals surface area contributed by atoms with Gasteiger partial charge in [0.05, 0.1) is 0 Å². The van der Waals surface area contributed by atoms with E-state index in [1.54, 1.807) is 0 Å². The Morgan fingerprint density at radius 1 is 0.966 bits per heavy atom. The lowest BCUT2D eigenvalue weighted by molar-refractivity contribution is -0.128. The number of ether oxygens (including phenoxy) is 1. The zero-order chi connectivity index (χ0) is 20.6. The van der Waals surface area contributed by atoms with E-state index in [0.29, 0.717) is 18.9 Å². The Labute approximate surface area is 174 Å². The van der Waals surface area contributed by atoms with Crippen LogP contribution in [0.1, 0.15) is 50.7 Å². The van der Waals surface area contributed by atoms with Crippen LogP contribution in [0.25, 0.3) is 10.8 Å². The smallest absolute Gasteiger partial charge is 0.261 e. The van der Waals surface area contributed by atoms with Crippen molar-refractivity contribution >= 4 is 16.7 Å². The molecule has 0 unspecified atom stereocenters. The highest BCUT2D eigenvalue weighted by Gasteiger charge is 2.18. The van der Waals surface area contributed by atoms with Crippen molar-refractivity contribution in [2.24, 2.45) is 0 Å². The number of hydrogen-bond acceptors (Lipinski definition) is 2. The fraction of sp³-hybridized carbons (Fsp3) is 0.346. The second-order valence-electron chi connectivity index (χ2n) is 7.78. The molecule has 3 nitrogen and oxygen atoms in total. The molecule has 0 saturated heterocycles. The Bertz CT molecular complexity index is 926. The maximum atomic E-state index is 12.6. The van der Waals surface area contributed by atoms with Gasteiger partial charge in [-0.2, -0.15) is 0 Å². The van der Waals surface area contributed by atoms with E-state index >= 15 is 0 Å². The molecule has 3 rings (SSSR count). The number of carbonyl (C=O) groups is 1. The van der Waals surface area contributed by atoms with E-state index in [2.05, 4.69) is 55.6 Å². The van der Waals surface area contributed by atoms with Crippen LogP contribution in [-0.2, 0) is 11.2 Å². The molecule has 3 heteroatoms. The number of rotatable bonds is 9. The lowest BCUT2D eigenvalue weighted by Gasteiger charge is -2.18. The lowest BCUT2D eigenvalue weighted by Crippen LogP contribution is -2.38. The second kappa shape index (κ2) is 10.1. The number of aryl methyl sites for hydroxylation is 1. The van der Waals surface area contributed by atoms with Crippen LogP contribution in [0, 0.1) is 0 Å². The molecule has 3 aromatic rings. The average molecular weight is 390 g/mol. The molecule has 0 aliphatic carbocycles. The summed E-state index contributed by atoms with van der Waals surface area (Å²) in [6, 6.07) is 22.8. The lowest BCUT2D eigenvalue weighted by atomic mass is 10.0. The van der Waals surface area contributed by atoms with Crippen LogP contribution in [0.15, 0.2) is 66.7 Å². The van der Waals surface area contributed by atoms with Gasteiger partial charge in [-0.05, 0) is 47.8 Å². The van der Waals surface area contributed by atoms with Crippen molar-refractivity contribution in [2.75, 3.05) is 6.54 Å². The Morgan fingerprint density at radius 2 is 1.69 bits per heavy atom. The first kappa shape index (κ1) is 20.9. The van der Waals surface area contributed by atoms with Gasteiger partial charge in [-0.3, -0.25) is 4.79 Å². The first-order valence-electron chi connectivity index (χ1n) is 10.6. The monoisotopic (exact) mass is 389 g/mol. The van der Waals surface area contributed by atoms with Crippen molar-refractivity contribution in [3.63, 3.8) is 0 Å². The van der Waals surface area contributed by atoms with E-state index in [9.17, 15) is 4.79 Å². The minimum absolute atomic E-state index is 0.0458. The Hall–Kier alpha value is -2.81. The molecule has 3 aromatic carbocycles. The van der Waals surface area contributed by atoms with Crippen molar-refractivity contribution in [1.29, 1.82) is 0 Å². The van der Waals surface area contributed by atoms with Gasteiger partial charge in [0, 0.05) is 11.9 Å². The Kier molecular flexibility index (Phi) is 7.29. The van der Waals surface area contributed by atoms with Gasteiger partial charge in [0.15, 0.2) is 6.10 Å². The number of carbonyl (C=O) groups excluding carboxylic acids is 1. The fourth-order valence-electron chi connectivity index (χ4n) is 3.46. The number of nitrogens with one attached hydrogen (secondary N) is 1. The number of amides is 1. The van der Waals surface area contributed by atoms with Gasteiger partial charge < -0.3 is 10.1 Å². The molecule has 0 heterocycles. The van der Waals surface area contributed by atoms with Crippen LogP contribution in [0.3, 0.4) is 0 Å². The summed E-state index contributed by atoms with van der Waals surface area (Å²) in [4.78, 5) is 12.6. The van der Waals surface area contributed by atoms with Crippen molar-refractivity contribution in [1.82, 2.24) is 5.32 Å². The number of fused-ring (bicyclic) bond motifs is 1. The molecule has 0 bridgehead atoms. The fourth-order valence-corrected chi connectivity index (χ4v) is 3.46. The topological polar surface area (TPSA) is 38.3 Å². The van der Waals surface area contributed by atoms with E-state index < -0.39 is 6.10 Å². The maximum absolute atomic E-state index is 12.6. The van der Waals surface area contributed by atoms with Crippen LogP contribution in [0.2, 0.25) is 0 Å². The SMILES string of the molecule is CC[C@@H](Oc1cccc2ccccc12)C(=O)NCCCc1ccc(C(C)C)cc1. The first-order chi connectivity index (χ1) is 14.1. The van der Waals surface area contributed by atoms with Gasteiger partial charge in [-0.25, -0.2) is 0 Å². The average Bonchev–Trinajstić information content (AvgIpc) is 2.75. The zero-order valence-electron chi connectivity index (χ0n) is 17.7. The molecule has 1 N–H and O–H groups in total. The van der Waals surface area contributed by atoms with Crippen LogP contribution in [0.5, 0.6) is 5.75 Å². The first-order valence-corrected chi connectivity index (χ1v) is 10.6. The van der Waals surface area contributed by atoms with Gasteiger partial charge in [0.1, 0.15) is 5.75 Å². The highest BCUT2D eigenvalue weighted by Crippen LogP contribution is 2.26. The molecule has 0 aromatic heterocycles. The van der Waals surface area contributed by atoms with Gasteiger partial charge in [0.2, 0.25) is 0 Å². The van der Waals surface area contributed by atoms with E-state index in [0.717, 1.165) is 29.4 Å². The molecule has 0 aliphatic heterocycles. The van der Waals surface area contributed by atoms with Crippen molar-refractivity contribution in [2.45, 2.75) is 52.1 Å². The summed E-state index contributed by atoms with van der Waals surface area (Å²) in [6.07, 6.45) is 2.02. The normalized spacial score (nSPS) is 12.1. The van der Waals surface area contributed by atoms with E-state index in [-0.39, 0.29) is 5.91 Å². The van der Waals surface area contributed by atoms with Crippen molar-refractivity contribution in [3.8, 4) is 5.75 Å². The standard InChI is InChI=1S/C26H31NO2/c1-4-24(29-25-13-7-11-22-10-5-6-12-23(22)25)26(28)27-18-8-9-20-14-16-21(17-15-20)19(2)3/h5-7,10-17,19,24H,4,8-9,18H2,1-3H3,(H,27,28)/t24-/m1/s1. The molecular formula is C26H31NO2. The van der Waals surface area contributed by atoms with E-state index in [1.807, 2.05) is 37.3 Å². The quantitative estimate of drug-likeness (QED) is 0.465. The molecule has 1 amide bonds. The highest BCUT2D eigenvalue weighted by molar-refractivity contribution is 5.89. The van der Waals surface area contributed by atoms with Crippen molar-refractivity contribution < 1.29 is 9.53 Å². The van der Waals surface area contributed by atoms with Gasteiger partial charge in [0.25, 0.3) is 5.91 Å². The number of benzene rings is 3. The Morgan fingerprint density at radius 3 is 2.41 bits per heavy atom. The molecule has 0 saturated carbocycles. The van der Waals surface area contributed by atoms with Crippen LogP contribution < -0.4 is 10.1 Å². The van der Waals surface area contributed by atoms with Crippen LogP contribution in [-0.4, -0.2) is 18.6 Å². The molecule has 0 aliphatic rings. The predicted octanol–water partition coefficient (Wildman–Crippen LogP) is 5.87. The summed E-state index contributed by atoms with van der Waals surface area (Å²) >= 11 is 0. The number of hydrogen-bond donors (Lipinski definition) is 1. The summed E-state index contributed by atoms with van der Waals surface area (Å²) in [5.74, 6) is 1.27. The third kappa shape index (κ3) is 5.60. The van der Waals surface area contributed by atoms with Crippen molar-refractivity contribution in [3.05, 3.63) is 77.9 Å². The highest BCUT2D eigenvalue weighted by atomic mass is 16.5. The predicted molar refractivity (Wildman–Crippen MR) is 121 cm³/mol. The third-order valence-electron chi connectivity index (χ3n) is 5.27. The molecule has 29 heavy (non-hydrogen) atoms. The van der Waals surface area contributed by atoms with Crippen LogP contribution >= 0.6 is 0 Å². The minimum atomic E-state index is -0.480. The molecular weight excluding hydrogens is 358 g/mol. The molecule has 1 atom stereocenters. The van der Waals surface area contributed by atoms with Gasteiger partial charge >= 0.3 is 0 Å². The molecule has 0 radical (unpaired) electrons. The summed E-state index contributed by atoms with van der Waals surface area (Å²) in [5.41, 5.74) is 2.67. The Balaban J connectivity index is 1.51. The third-order valence-corrected chi connectivity index (χ3v) is 5.27. The summed E-state index contributed by atoms with van der Waals surface area (Å²) in [5, 5.41) is 5.19. The molecule has 0 fully saturated rings. The minimum Gasteiger partial charge on any atom is -0.480 e.